The van der Waals surface area contributed by atoms with Gasteiger partial charge < -0.3 is 4.98 Å². The zero-order chi connectivity index (χ0) is 13.6. The van der Waals surface area contributed by atoms with Gasteiger partial charge in [0.2, 0.25) is 5.95 Å². The number of rotatable bonds is 2. The van der Waals surface area contributed by atoms with Crippen LogP contribution in [-0.4, -0.2) is 25.5 Å². The van der Waals surface area contributed by atoms with Gasteiger partial charge in [0.05, 0.1) is 27.8 Å². The van der Waals surface area contributed by atoms with Crippen LogP contribution in [0.15, 0.2) is 24.5 Å². The Hall–Kier alpha value is -2.21. The topological polar surface area (TPSA) is 63.6 Å². The number of nitrogens with one attached hydrogen (secondary N) is 1. The maximum absolute atomic E-state index is 13.3. The smallest absolute Gasteiger partial charge is 0.229 e. The fraction of sp³-hybridized carbons (Fsp3) is 0.0833. The van der Waals surface area contributed by atoms with Gasteiger partial charge in [-0.15, -0.1) is 0 Å². The van der Waals surface area contributed by atoms with Crippen molar-refractivity contribution in [1.29, 1.82) is 0 Å². The number of halogens is 2. The minimum Gasteiger partial charge on any atom is -0.322 e. The SMILES string of the molecule is CC(=O)c1cnn(-c2nc3cc(Cl)c(F)cc3[nH]2)c1. The Labute approximate surface area is 112 Å². The lowest BCUT2D eigenvalue weighted by Gasteiger charge is -1.92. The van der Waals surface area contributed by atoms with Crippen LogP contribution in [0.25, 0.3) is 17.0 Å². The lowest BCUT2D eigenvalue weighted by atomic mass is 10.3. The average molecular weight is 279 g/mol. The first-order valence-corrected chi connectivity index (χ1v) is 5.83. The molecule has 3 rings (SSSR count). The minimum absolute atomic E-state index is 0.00967. The number of imidazole rings is 1. The molecule has 0 saturated heterocycles. The highest BCUT2D eigenvalue weighted by Gasteiger charge is 2.10. The number of hydrogen-bond acceptors (Lipinski definition) is 3. The molecule has 0 amide bonds. The molecule has 2 aromatic heterocycles. The Morgan fingerprint density at radius 1 is 1.47 bits per heavy atom. The summed E-state index contributed by atoms with van der Waals surface area (Å²) in [5, 5.41) is 4.03. The van der Waals surface area contributed by atoms with Gasteiger partial charge in [0.15, 0.2) is 5.78 Å². The van der Waals surface area contributed by atoms with Crippen molar-refractivity contribution in [3.05, 3.63) is 40.9 Å². The molecule has 0 atom stereocenters. The van der Waals surface area contributed by atoms with Crippen LogP contribution >= 0.6 is 11.6 Å². The number of carbonyl (C=O) groups is 1. The third-order valence-corrected chi connectivity index (χ3v) is 3.01. The van der Waals surface area contributed by atoms with Gasteiger partial charge in [-0.25, -0.2) is 14.1 Å². The van der Waals surface area contributed by atoms with Gasteiger partial charge in [0, 0.05) is 12.3 Å². The summed E-state index contributed by atoms with van der Waals surface area (Å²) in [7, 11) is 0. The summed E-state index contributed by atoms with van der Waals surface area (Å²) in [6.07, 6.45) is 3.00. The van der Waals surface area contributed by atoms with Crippen LogP contribution in [0.3, 0.4) is 0 Å². The Kier molecular flexibility index (Phi) is 2.60. The molecule has 0 spiro atoms. The van der Waals surface area contributed by atoms with Crippen molar-refractivity contribution in [2.45, 2.75) is 6.92 Å². The summed E-state index contributed by atoms with van der Waals surface area (Å²) < 4.78 is 14.7. The number of H-pyrrole nitrogens is 1. The zero-order valence-corrected chi connectivity index (χ0v) is 10.6. The van der Waals surface area contributed by atoms with Crippen molar-refractivity contribution in [2.75, 3.05) is 0 Å². The fourth-order valence-electron chi connectivity index (χ4n) is 1.72. The lowest BCUT2D eigenvalue weighted by molar-refractivity contribution is 0.101. The zero-order valence-electron chi connectivity index (χ0n) is 9.82. The third kappa shape index (κ3) is 2.00. The molecule has 96 valence electrons. The van der Waals surface area contributed by atoms with E-state index in [1.807, 2.05) is 0 Å². The number of Topliss-reactive ketones (excluding diaryl/α,β-unsaturated/α-hetero) is 1. The second-order valence-corrected chi connectivity index (χ2v) is 4.48. The number of ketones is 1. The minimum atomic E-state index is -0.519. The maximum atomic E-state index is 13.3. The number of carbonyl (C=O) groups excluding carboxylic acids is 1. The molecule has 0 bridgehead atoms. The largest absolute Gasteiger partial charge is 0.322 e. The first kappa shape index (κ1) is 11.9. The Morgan fingerprint density at radius 2 is 2.26 bits per heavy atom. The molecule has 2 heterocycles. The number of benzene rings is 1. The monoisotopic (exact) mass is 278 g/mol. The van der Waals surface area contributed by atoms with Crippen LogP contribution < -0.4 is 0 Å². The van der Waals surface area contributed by atoms with Crippen LogP contribution in [0, 0.1) is 5.82 Å². The summed E-state index contributed by atoms with van der Waals surface area (Å²) in [4.78, 5) is 18.4. The van der Waals surface area contributed by atoms with E-state index in [0.717, 1.165) is 0 Å². The van der Waals surface area contributed by atoms with Gasteiger partial charge in [-0.2, -0.15) is 5.10 Å². The van der Waals surface area contributed by atoms with Crippen LogP contribution in [0.5, 0.6) is 0 Å². The molecular weight excluding hydrogens is 271 g/mol. The molecular formula is C12H8ClFN4O. The highest BCUT2D eigenvalue weighted by Crippen LogP contribution is 2.22. The number of nitrogens with zero attached hydrogens (tertiary/aromatic N) is 3. The predicted octanol–water partition coefficient (Wildman–Crippen LogP) is 2.74. The highest BCUT2D eigenvalue weighted by atomic mass is 35.5. The van der Waals surface area contributed by atoms with Crippen molar-refractivity contribution < 1.29 is 9.18 Å². The maximum Gasteiger partial charge on any atom is 0.229 e. The second kappa shape index (κ2) is 4.17. The van der Waals surface area contributed by atoms with Crippen molar-refractivity contribution in [3.63, 3.8) is 0 Å². The first-order valence-electron chi connectivity index (χ1n) is 5.45. The molecule has 1 aromatic carbocycles. The van der Waals surface area contributed by atoms with E-state index in [9.17, 15) is 9.18 Å². The van der Waals surface area contributed by atoms with Crippen LogP contribution in [-0.2, 0) is 0 Å². The summed E-state index contributed by atoms with van der Waals surface area (Å²) in [5.74, 6) is -0.213. The molecule has 0 radical (unpaired) electrons. The summed E-state index contributed by atoms with van der Waals surface area (Å²) in [5.41, 5.74) is 1.52. The normalized spacial score (nSPS) is 11.1. The standard InChI is InChI=1S/C12H8ClFN4O/c1-6(19)7-4-15-18(5-7)12-16-10-2-8(13)9(14)3-11(10)17-12/h2-5H,1H3,(H,16,17). The van der Waals surface area contributed by atoms with Gasteiger partial charge in [-0.05, 0) is 13.0 Å². The molecule has 5 nitrogen and oxygen atoms in total. The highest BCUT2D eigenvalue weighted by molar-refractivity contribution is 6.31. The van der Waals surface area contributed by atoms with Crippen molar-refractivity contribution >= 4 is 28.4 Å². The molecule has 19 heavy (non-hydrogen) atoms. The quantitative estimate of drug-likeness (QED) is 0.733. The van der Waals surface area contributed by atoms with E-state index in [2.05, 4.69) is 15.1 Å². The van der Waals surface area contributed by atoms with Crippen molar-refractivity contribution in [2.24, 2.45) is 0 Å². The first-order chi connectivity index (χ1) is 9.04. The lowest BCUT2D eigenvalue weighted by Crippen LogP contribution is -1.96. The number of aromatic amines is 1. The van der Waals surface area contributed by atoms with E-state index in [0.29, 0.717) is 22.5 Å². The van der Waals surface area contributed by atoms with E-state index in [1.165, 1.54) is 29.9 Å². The molecule has 0 unspecified atom stereocenters. The van der Waals surface area contributed by atoms with Gasteiger partial charge in [0.1, 0.15) is 5.82 Å². The summed E-state index contributed by atoms with van der Waals surface area (Å²) in [6, 6.07) is 2.70. The van der Waals surface area contributed by atoms with Crippen molar-refractivity contribution in [3.8, 4) is 5.95 Å². The number of hydrogen-bond donors (Lipinski definition) is 1. The average Bonchev–Trinajstić information content (AvgIpc) is 2.95. The summed E-state index contributed by atoms with van der Waals surface area (Å²) >= 11 is 5.69. The van der Waals surface area contributed by atoms with Crippen LogP contribution in [0.2, 0.25) is 5.02 Å². The van der Waals surface area contributed by atoms with Gasteiger partial charge in [0.25, 0.3) is 0 Å². The number of aromatic nitrogens is 4. The van der Waals surface area contributed by atoms with E-state index < -0.39 is 5.82 Å². The molecule has 0 aliphatic heterocycles. The van der Waals surface area contributed by atoms with E-state index in [-0.39, 0.29) is 10.8 Å². The van der Waals surface area contributed by atoms with E-state index in [1.54, 1.807) is 6.20 Å². The Bertz CT molecular complexity index is 753. The molecule has 0 saturated carbocycles. The molecule has 0 aliphatic rings. The molecule has 0 fully saturated rings. The fourth-order valence-corrected chi connectivity index (χ4v) is 1.88. The molecule has 1 N–H and O–H groups in total. The van der Waals surface area contributed by atoms with Crippen LogP contribution in [0.1, 0.15) is 17.3 Å². The molecule has 0 aliphatic carbocycles. The van der Waals surface area contributed by atoms with Crippen molar-refractivity contribution in [1.82, 2.24) is 19.7 Å². The predicted molar refractivity (Wildman–Crippen MR) is 68.2 cm³/mol. The third-order valence-electron chi connectivity index (χ3n) is 2.72. The van der Waals surface area contributed by atoms with Gasteiger partial charge in [-0.1, -0.05) is 11.6 Å². The second-order valence-electron chi connectivity index (χ2n) is 4.07. The molecule has 7 heteroatoms. The van der Waals surface area contributed by atoms with Crippen LogP contribution in [0.4, 0.5) is 4.39 Å². The number of fused-ring (bicyclic) bond motifs is 1. The Morgan fingerprint density at radius 3 is 2.95 bits per heavy atom. The van der Waals surface area contributed by atoms with E-state index >= 15 is 0 Å². The van der Waals surface area contributed by atoms with Gasteiger partial charge >= 0.3 is 0 Å². The van der Waals surface area contributed by atoms with E-state index in [4.69, 9.17) is 11.6 Å². The molecule has 3 aromatic rings. The Balaban J connectivity index is 2.12. The van der Waals surface area contributed by atoms with Gasteiger partial charge in [-0.3, -0.25) is 4.79 Å². The summed E-state index contributed by atoms with van der Waals surface area (Å²) in [6.45, 7) is 1.45.